The molecule has 1 heterocycles. The van der Waals surface area contributed by atoms with E-state index in [1.54, 1.807) is 25.4 Å². The van der Waals surface area contributed by atoms with Gasteiger partial charge in [0.15, 0.2) is 11.5 Å². The minimum Gasteiger partial charge on any atom is -0.493 e. The molecule has 6 heteroatoms. The van der Waals surface area contributed by atoms with E-state index < -0.39 is 0 Å². The fourth-order valence-electron chi connectivity index (χ4n) is 2.68. The van der Waals surface area contributed by atoms with E-state index in [2.05, 4.69) is 15.6 Å². The second kappa shape index (κ2) is 8.90. The minimum atomic E-state index is -0.299. The molecular weight excluding hydrogens is 354 g/mol. The predicted molar refractivity (Wildman–Crippen MR) is 109 cm³/mol. The van der Waals surface area contributed by atoms with Crippen LogP contribution < -0.4 is 20.1 Å². The van der Waals surface area contributed by atoms with Crippen molar-refractivity contribution in [1.29, 1.82) is 0 Å². The topological polar surface area (TPSA) is 72.5 Å². The van der Waals surface area contributed by atoms with Crippen molar-refractivity contribution in [3.63, 3.8) is 0 Å². The molecule has 0 saturated carbocycles. The highest BCUT2D eigenvalue weighted by Crippen LogP contribution is 2.31. The number of carbonyl (C=O) groups is 1. The standard InChI is InChI=1S/C22H23N3O3/c1-15-9-11-19(20(13-15)27-3)28-21-12-10-18(14-23-21)25-22(26)24-16(2)17-7-5-4-6-8-17/h4-14,16H,1-3H3,(H2,24,25,26). The maximum Gasteiger partial charge on any atom is 0.319 e. The summed E-state index contributed by atoms with van der Waals surface area (Å²) in [6, 6.07) is 18.4. The van der Waals surface area contributed by atoms with E-state index in [0.29, 0.717) is 23.1 Å². The normalized spacial score (nSPS) is 11.4. The van der Waals surface area contributed by atoms with Gasteiger partial charge in [-0.2, -0.15) is 0 Å². The first-order chi connectivity index (χ1) is 13.5. The van der Waals surface area contributed by atoms with Crippen molar-refractivity contribution in [2.24, 2.45) is 0 Å². The third-order valence-corrected chi connectivity index (χ3v) is 4.18. The van der Waals surface area contributed by atoms with Crippen molar-refractivity contribution in [3.05, 3.63) is 78.0 Å². The number of anilines is 1. The summed E-state index contributed by atoms with van der Waals surface area (Å²) in [6.07, 6.45) is 1.54. The number of benzene rings is 2. The Balaban J connectivity index is 1.59. The lowest BCUT2D eigenvalue weighted by molar-refractivity contribution is 0.249. The number of hydrogen-bond donors (Lipinski definition) is 2. The number of nitrogens with one attached hydrogen (secondary N) is 2. The quantitative estimate of drug-likeness (QED) is 0.629. The SMILES string of the molecule is COc1cc(C)ccc1Oc1ccc(NC(=O)NC(C)c2ccccc2)cn1. The fraction of sp³-hybridized carbons (Fsp3) is 0.182. The molecule has 0 spiro atoms. The molecule has 28 heavy (non-hydrogen) atoms. The minimum absolute atomic E-state index is 0.106. The molecule has 1 aromatic heterocycles. The van der Waals surface area contributed by atoms with E-state index >= 15 is 0 Å². The van der Waals surface area contributed by atoms with E-state index in [1.165, 1.54) is 0 Å². The van der Waals surface area contributed by atoms with Crippen LogP contribution >= 0.6 is 0 Å². The maximum atomic E-state index is 12.2. The molecule has 0 bridgehead atoms. The van der Waals surface area contributed by atoms with Gasteiger partial charge in [-0.1, -0.05) is 36.4 Å². The summed E-state index contributed by atoms with van der Waals surface area (Å²) in [5.41, 5.74) is 2.68. The zero-order valence-corrected chi connectivity index (χ0v) is 16.1. The number of pyridine rings is 1. The van der Waals surface area contributed by atoms with Gasteiger partial charge >= 0.3 is 6.03 Å². The largest absolute Gasteiger partial charge is 0.493 e. The van der Waals surface area contributed by atoms with Gasteiger partial charge in [-0.15, -0.1) is 0 Å². The monoisotopic (exact) mass is 377 g/mol. The number of rotatable bonds is 6. The zero-order valence-electron chi connectivity index (χ0n) is 16.1. The number of aryl methyl sites for hydroxylation is 1. The number of carbonyl (C=O) groups excluding carboxylic acids is 1. The van der Waals surface area contributed by atoms with Crippen LogP contribution in [0.2, 0.25) is 0 Å². The molecule has 0 radical (unpaired) electrons. The summed E-state index contributed by atoms with van der Waals surface area (Å²) in [5, 5.41) is 5.66. The van der Waals surface area contributed by atoms with E-state index in [9.17, 15) is 4.79 Å². The van der Waals surface area contributed by atoms with Gasteiger partial charge in [-0.3, -0.25) is 0 Å². The van der Waals surface area contributed by atoms with Crippen LogP contribution in [0, 0.1) is 6.92 Å². The van der Waals surface area contributed by atoms with Crippen LogP contribution in [0.5, 0.6) is 17.4 Å². The predicted octanol–water partition coefficient (Wildman–Crippen LogP) is 5.07. The smallest absolute Gasteiger partial charge is 0.319 e. The van der Waals surface area contributed by atoms with Crippen molar-refractivity contribution in [3.8, 4) is 17.4 Å². The summed E-state index contributed by atoms with van der Waals surface area (Å²) in [7, 11) is 1.59. The Bertz CT molecular complexity index is 928. The molecule has 6 nitrogen and oxygen atoms in total. The summed E-state index contributed by atoms with van der Waals surface area (Å²) in [4.78, 5) is 16.4. The molecule has 0 aliphatic carbocycles. The highest BCUT2D eigenvalue weighted by atomic mass is 16.5. The third kappa shape index (κ3) is 5.01. The number of urea groups is 1. The molecule has 0 fully saturated rings. The third-order valence-electron chi connectivity index (χ3n) is 4.18. The van der Waals surface area contributed by atoms with Crippen LogP contribution in [0.3, 0.4) is 0 Å². The Morgan fingerprint density at radius 1 is 1.04 bits per heavy atom. The van der Waals surface area contributed by atoms with Gasteiger partial charge in [0.2, 0.25) is 5.88 Å². The first-order valence-electron chi connectivity index (χ1n) is 8.96. The highest BCUT2D eigenvalue weighted by Gasteiger charge is 2.10. The van der Waals surface area contributed by atoms with E-state index in [0.717, 1.165) is 11.1 Å². The number of methoxy groups -OCH3 is 1. The van der Waals surface area contributed by atoms with Gasteiger partial charge < -0.3 is 20.1 Å². The van der Waals surface area contributed by atoms with Crippen molar-refractivity contribution in [2.45, 2.75) is 19.9 Å². The average molecular weight is 377 g/mol. The molecule has 0 aliphatic heterocycles. The second-order valence-corrected chi connectivity index (χ2v) is 6.37. The van der Waals surface area contributed by atoms with Gasteiger partial charge in [0.05, 0.1) is 25.0 Å². The molecule has 1 unspecified atom stereocenters. The summed E-state index contributed by atoms with van der Waals surface area (Å²) in [5.74, 6) is 1.62. The Morgan fingerprint density at radius 2 is 1.82 bits per heavy atom. The van der Waals surface area contributed by atoms with E-state index in [-0.39, 0.29) is 12.1 Å². The lowest BCUT2D eigenvalue weighted by atomic mass is 10.1. The Labute approximate surface area is 164 Å². The fourth-order valence-corrected chi connectivity index (χ4v) is 2.68. The van der Waals surface area contributed by atoms with Crippen LogP contribution in [0.15, 0.2) is 66.9 Å². The molecule has 0 aliphatic rings. The summed E-state index contributed by atoms with van der Waals surface area (Å²) >= 11 is 0. The molecule has 144 valence electrons. The first kappa shape index (κ1) is 19.2. The Hall–Kier alpha value is -3.54. The number of nitrogens with zero attached hydrogens (tertiary/aromatic N) is 1. The zero-order chi connectivity index (χ0) is 19.9. The van der Waals surface area contributed by atoms with E-state index in [4.69, 9.17) is 9.47 Å². The van der Waals surface area contributed by atoms with Crippen LogP contribution in [0.25, 0.3) is 0 Å². The number of amides is 2. The molecule has 0 saturated heterocycles. The van der Waals surface area contributed by atoms with Crippen molar-refractivity contribution < 1.29 is 14.3 Å². The van der Waals surface area contributed by atoms with Gasteiger partial charge in [-0.25, -0.2) is 9.78 Å². The molecule has 2 amide bonds. The second-order valence-electron chi connectivity index (χ2n) is 6.37. The molecule has 3 rings (SSSR count). The Kier molecular flexibility index (Phi) is 6.11. The molecule has 3 aromatic rings. The first-order valence-corrected chi connectivity index (χ1v) is 8.96. The van der Waals surface area contributed by atoms with Crippen LogP contribution in [0.4, 0.5) is 10.5 Å². The van der Waals surface area contributed by atoms with Gasteiger partial charge in [0, 0.05) is 6.07 Å². The van der Waals surface area contributed by atoms with Crippen LogP contribution in [-0.4, -0.2) is 18.1 Å². The maximum absolute atomic E-state index is 12.2. The molecule has 2 N–H and O–H groups in total. The highest BCUT2D eigenvalue weighted by molar-refractivity contribution is 5.89. The number of hydrogen-bond acceptors (Lipinski definition) is 4. The van der Waals surface area contributed by atoms with E-state index in [1.807, 2.05) is 62.4 Å². The van der Waals surface area contributed by atoms with Crippen molar-refractivity contribution in [1.82, 2.24) is 10.3 Å². The van der Waals surface area contributed by atoms with Gasteiger partial charge in [-0.05, 0) is 43.2 Å². The van der Waals surface area contributed by atoms with Crippen LogP contribution in [-0.2, 0) is 0 Å². The lowest BCUT2D eigenvalue weighted by Crippen LogP contribution is -2.31. The van der Waals surface area contributed by atoms with Crippen molar-refractivity contribution in [2.75, 3.05) is 12.4 Å². The lowest BCUT2D eigenvalue weighted by Gasteiger charge is -2.15. The number of ether oxygens (including phenoxy) is 2. The van der Waals surface area contributed by atoms with Gasteiger partial charge in [0.1, 0.15) is 0 Å². The average Bonchev–Trinajstić information content (AvgIpc) is 2.71. The van der Waals surface area contributed by atoms with Crippen molar-refractivity contribution >= 4 is 11.7 Å². The summed E-state index contributed by atoms with van der Waals surface area (Å²) < 4.78 is 11.1. The van der Waals surface area contributed by atoms with Crippen LogP contribution in [0.1, 0.15) is 24.1 Å². The van der Waals surface area contributed by atoms with Gasteiger partial charge in [0.25, 0.3) is 0 Å². The molecule has 1 atom stereocenters. The number of aromatic nitrogens is 1. The molecular formula is C22H23N3O3. The summed E-state index contributed by atoms with van der Waals surface area (Å²) in [6.45, 7) is 3.91. The Morgan fingerprint density at radius 3 is 2.50 bits per heavy atom. The molecule has 2 aromatic carbocycles.